The van der Waals surface area contributed by atoms with Crippen LogP contribution in [0.4, 0.5) is 23.2 Å². The minimum atomic E-state index is -4.48. The van der Waals surface area contributed by atoms with E-state index in [0.29, 0.717) is 31.7 Å². The van der Waals surface area contributed by atoms with E-state index in [9.17, 15) is 22.4 Å². The Bertz CT molecular complexity index is 1190. The lowest BCUT2D eigenvalue weighted by atomic mass is 9.98. The van der Waals surface area contributed by atoms with Gasteiger partial charge in [-0.05, 0) is 59.3 Å². The van der Waals surface area contributed by atoms with Crippen LogP contribution in [-0.2, 0) is 4.74 Å². The van der Waals surface area contributed by atoms with Gasteiger partial charge >= 0.3 is 6.18 Å². The molecule has 0 saturated carbocycles. The molecule has 190 valence electrons. The third-order valence-corrected chi connectivity index (χ3v) is 7.00. The Morgan fingerprint density at radius 1 is 0.944 bits per heavy atom. The van der Waals surface area contributed by atoms with Crippen LogP contribution in [0, 0.1) is 5.82 Å². The first-order valence-electron chi connectivity index (χ1n) is 11.4. The molecular weight excluding hydrogens is 492 g/mol. The second-order valence-electron chi connectivity index (χ2n) is 8.45. The van der Waals surface area contributed by atoms with Crippen molar-refractivity contribution < 1.29 is 27.1 Å². The van der Waals surface area contributed by atoms with Crippen LogP contribution in [-0.4, -0.2) is 56.5 Å². The zero-order valence-corrected chi connectivity index (χ0v) is 20.7. The summed E-state index contributed by atoms with van der Waals surface area (Å²) >= 11 is 1.54. The first-order valence-corrected chi connectivity index (χ1v) is 12.6. The zero-order valence-electron chi connectivity index (χ0n) is 19.9. The Hall–Kier alpha value is -3.04. The van der Waals surface area contributed by atoms with Crippen molar-refractivity contribution in [1.82, 2.24) is 4.90 Å². The lowest BCUT2D eigenvalue weighted by molar-refractivity contribution is -0.215. The fourth-order valence-electron chi connectivity index (χ4n) is 4.37. The van der Waals surface area contributed by atoms with Gasteiger partial charge in [-0.3, -0.25) is 4.79 Å². The number of hydrogen-bond acceptors (Lipinski definition) is 4. The average molecular weight is 519 g/mol. The number of methoxy groups -OCH3 is 1. The first kappa shape index (κ1) is 26.0. The largest absolute Gasteiger partial charge is 0.418 e. The van der Waals surface area contributed by atoms with Gasteiger partial charge in [-0.2, -0.15) is 13.2 Å². The van der Waals surface area contributed by atoms with Gasteiger partial charge in [0.15, 0.2) is 6.10 Å². The highest BCUT2D eigenvalue weighted by Crippen LogP contribution is 2.36. The molecule has 1 fully saturated rings. The molecule has 0 spiro atoms. The van der Waals surface area contributed by atoms with Crippen molar-refractivity contribution in [3.63, 3.8) is 0 Å². The first-order chi connectivity index (χ1) is 17.2. The van der Waals surface area contributed by atoms with Crippen molar-refractivity contribution in [3.05, 3.63) is 83.7 Å². The molecule has 1 aliphatic heterocycles. The number of piperazine rings is 1. The number of nitrogens with zero attached hydrogens (tertiary/aromatic N) is 2. The van der Waals surface area contributed by atoms with Crippen molar-refractivity contribution in [1.29, 1.82) is 0 Å². The van der Waals surface area contributed by atoms with Crippen LogP contribution in [0.15, 0.2) is 71.6 Å². The highest BCUT2D eigenvalue weighted by molar-refractivity contribution is 7.98. The van der Waals surface area contributed by atoms with Crippen LogP contribution >= 0.6 is 11.8 Å². The molecule has 0 radical (unpaired) electrons. The van der Waals surface area contributed by atoms with Crippen molar-refractivity contribution in [2.24, 2.45) is 0 Å². The highest BCUT2D eigenvalue weighted by atomic mass is 32.2. The monoisotopic (exact) mass is 518 g/mol. The molecule has 1 heterocycles. The second kappa shape index (κ2) is 10.9. The van der Waals surface area contributed by atoms with Crippen LogP contribution in [0.25, 0.3) is 11.1 Å². The minimum Gasteiger partial charge on any atom is -0.368 e. The van der Waals surface area contributed by atoms with Crippen LogP contribution in [0.3, 0.4) is 0 Å². The predicted molar refractivity (Wildman–Crippen MR) is 134 cm³/mol. The summed E-state index contributed by atoms with van der Waals surface area (Å²) in [5.41, 5.74) is 2.90. The number of carbonyl (C=O) groups excluding carboxylic acids is 1. The number of hydrogen-bond donors (Lipinski definition) is 0. The minimum absolute atomic E-state index is 0.0459. The average Bonchev–Trinajstić information content (AvgIpc) is 2.88. The number of ether oxygens (including phenoxy) is 1. The van der Waals surface area contributed by atoms with Gasteiger partial charge in [0, 0.05) is 49.4 Å². The number of halogens is 4. The normalized spacial score (nSPS) is 15.2. The standard InChI is InChI=1S/C27H26F4N2O2S/c1-35-25(27(29,30)31)19-5-9-21(10-6-19)32-13-15-33(16-14-32)26(34)24-17-22(36-2)11-12-23(24)18-3-7-20(28)8-4-18/h3-12,17,25H,13-16H2,1-2H3. The summed E-state index contributed by atoms with van der Waals surface area (Å²) in [6, 6.07) is 17.9. The van der Waals surface area contributed by atoms with Crippen LogP contribution < -0.4 is 4.90 Å². The third-order valence-electron chi connectivity index (χ3n) is 6.27. The van der Waals surface area contributed by atoms with Crippen molar-refractivity contribution in [2.75, 3.05) is 44.4 Å². The van der Waals surface area contributed by atoms with E-state index < -0.39 is 12.3 Å². The fraction of sp³-hybridized carbons (Fsp3) is 0.296. The Morgan fingerprint density at radius 2 is 1.58 bits per heavy atom. The Morgan fingerprint density at radius 3 is 2.14 bits per heavy atom. The summed E-state index contributed by atoms with van der Waals surface area (Å²) in [5, 5.41) is 0. The lowest BCUT2D eigenvalue weighted by Crippen LogP contribution is -2.48. The topological polar surface area (TPSA) is 32.8 Å². The van der Waals surface area contributed by atoms with Gasteiger partial charge in [-0.25, -0.2) is 4.39 Å². The number of rotatable bonds is 6. The van der Waals surface area contributed by atoms with E-state index in [4.69, 9.17) is 0 Å². The molecule has 3 aromatic rings. The number of amides is 1. The Kier molecular flexibility index (Phi) is 7.90. The molecule has 1 amide bonds. The fourth-order valence-corrected chi connectivity index (χ4v) is 4.80. The molecule has 1 saturated heterocycles. The number of benzene rings is 3. The maximum Gasteiger partial charge on any atom is 0.418 e. The molecule has 1 aliphatic rings. The van der Waals surface area contributed by atoms with E-state index in [1.807, 2.05) is 29.4 Å². The molecule has 1 unspecified atom stereocenters. The van der Waals surface area contributed by atoms with Gasteiger partial charge in [0.25, 0.3) is 5.91 Å². The highest BCUT2D eigenvalue weighted by Gasteiger charge is 2.41. The zero-order chi connectivity index (χ0) is 25.9. The molecule has 0 aromatic heterocycles. The summed E-state index contributed by atoms with van der Waals surface area (Å²) in [4.78, 5) is 18.3. The molecule has 9 heteroatoms. The smallest absolute Gasteiger partial charge is 0.368 e. The molecular formula is C27H26F4N2O2S. The summed E-state index contributed by atoms with van der Waals surface area (Å²) in [5.74, 6) is -0.444. The summed E-state index contributed by atoms with van der Waals surface area (Å²) in [6.07, 6.45) is -4.51. The number of anilines is 1. The quantitative estimate of drug-likeness (QED) is 0.278. The lowest BCUT2D eigenvalue weighted by Gasteiger charge is -2.36. The molecule has 0 aliphatic carbocycles. The van der Waals surface area contributed by atoms with Gasteiger partial charge in [0.1, 0.15) is 5.82 Å². The maximum absolute atomic E-state index is 13.5. The SMILES string of the molecule is COC(c1ccc(N2CCN(C(=O)c3cc(SC)ccc3-c3ccc(F)cc3)CC2)cc1)C(F)(F)F. The molecule has 0 N–H and O–H groups in total. The van der Waals surface area contributed by atoms with Crippen molar-refractivity contribution >= 4 is 23.4 Å². The van der Waals surface area contributed by atoms with Gasteiger partial charge < -0.3 is 14.5 Å². The van der Waals surface area contributed by atoms with Gasteiger partial charge in [-0.15, -0.1) is 11.8 Å². The summed E-state index contributed by atoms with van der Waals surface area (Å²) < 4.78 is 57.5. The van der Waals surface area contributed by atoms with Gasteiger partial charge in [0.05, 0.1) is 0 Å². The Labute approximate surface area is 211 Å². The molecule has 4 nitrogen and oxygen atoms in total. The maximum atomic E-state index is 13.5. The van der Waals surface area contributed by atoms with E-state index in [1.165, 1.54) is 36.0 Å². The van der Waals surface area contributed by atoms with Crippen molar-refractivity contribution in [2.45, 2.75) is 17.2 Å². The predicted octanol–water partition coefficient (Wildman–Crippen LogP) is 6.43. The van der Waals surface area contributed by atoms with Gasteiger partial charge in [0.2, 0.25) is 0 Å². The van der Waals surface area contributed by atoms with E-state index in [2.05, 4.69) is 4.74 Å². The van der Waals surface area contributed by atoms with E-state index in [1.54, 1.807) is 29.2 Å². The number of thioether (sulfide) groups is 1. The van der Waals surface area contributed by atoms with Crippen molar-refractivity contribution in [3.8, 4) is 11.1 Å². The third kappa shape index (κ3) is 5.68. The van der Waals surface area contributed by atoms with Gasteiger partial charge in [-0.1, -0.05) is 30.3 Å². The van der Waals surface area contributed by atoms with E-state index in [0.717, 1.165) is 28.8 Å². The summed E-state index contributed by atoms with van der Waals surface area (Å²) in [7, 11) is 1.04. The Balaban J connectivity index is 1.48. The van der Waals surface area contributed by atoms with Crippen LogP contribution in [0.5, 0.6) is 0 Å². The van der Waals surface area contributed by atoms with E-state index >= 15 is 0 Å². The molecule has 0 bridgehead atoms. The number of carbonyl (C=O) groups is 1. The van der Waals surface area contributed by atoms with E-state index in [-0.39, 0.29) is 17.3 Å². The molecule has 36 heavy (non-hydrogen) atoms. The molecule has 4 rings (SSSR count). The molecule has 1 atom stereocenters. The van der Waals surface area contributed by atoms with Crippen LogP contribution in [0.2, 0.25) is 0 Å². The molecule has 3 aromatic carbocycles. The summed E-state index contributed by atoms with van der Waals surface area (Å²) in [6.45, 7) is 2.03. The number of alkyl halides is 3. The second-order valence-corrected chi connectivity index (χ2v) is 9.33. The van der Waals surface area contributed by atoms with Crippen LogP contribution in [0.1, 0.15) is 22.0 Å².